The summed E-state index contributed by atoms with van der Waals surface area (Å²) in [6, 6.07) is 9.93. The summed E-state index contributed by atoms with van der Waals surface area (Å²) in [6.45, 7) is 0. The molecule has 3 rings (SSSR count). The Bertz CT molecular complexity index is 952. The van der Waals surface area contributed by atoms with Crippen LogP contribution in [-0.2, 0) is 11.0 Å². The summed E-state index contributed by atoms with van der Waals surface area (Å²) in [5.74, 6) is -2.41. The van der Waals surface area contributed by atoms with E-state index in [0.29, 0.717) is 5.56 Å². The van der Waals surface area contributed by atoms with E-state index in [1.807, 2.05) is 0 Å². The molecule has 0 N–H and O–H groups in total. The highest BCUT2D eigenvalue weighted by Crippen LogP contribution is 2.31. The van der Waals surface area contributed by atoms with Crippen LogP contribution in [0.3, 0.4) is 0 Å². The number of carbonyl (C=O) groups excluding carboxylic acids is 1. The molecule has 0 fully saturated rings. The van der Waals surface area contributed by atoms with Gasteiger partial charge in [0.25, 0.3) is 5.82 Å². The van der Waals surface area contributed by atoms with E-state index in [2.05, 4.69) is 9.97 Å². The largest absolute Gasteiger partial charge is 0.453 e. The lowest BCUT2D eigenvalue weighted by molar-refractivity contribution is -0.159. The number of alkyl halides is 3. The van der Waals surface area contributed by atoms with Crippen LogP contribution >= 0.6 is 11.6 Å². The second-order valence-corrected chi connectivity index (χ2v) is 5.31. The van der Waals surface area contributed by atoms with Gasteiger partial charge in [0.05, 0.1) is 5.02 Å². The summed E-state index contributed by atoms with van der Waals surface area (Å²) in [7, 11) is 0. The molecule has 0 aliphatic rings. The van der Waals surface area contributed by atoms with Crippen molar-refractivity contribution in [3.05, 3.63) is 65.1 Å². The molecule has 0 amide bonds. The number of aromatic nitrogens is 3. The molecule has 0 saturated heterocycles. The Morgan fingerprint density at radius 2 is 1.96 bits per heavy atom. The summed E-state index contributed by atoms with van der Waals surface area (Å²) in [4.78, 5) is 23.8. The van der Waals surface area contributed by atoms with Crippen molar-refractivity contribution in [2.75, 3.05) is 0 Å². The molecule has 0 radical (unpaired) electrons. The maximum absolute atomic E-state index is 13.1. The topological polar surface area (TPSA) is 57.0 Å². The lowest BCUT2D eigenvalue weighted by atomic mass is 10.2. The van der Waals surface area contributed by atoms with Gasteiger partial charge in [-0.05, 0) is 17.7 Å². The van der Waals surface area contributed by atoms with Gasteiger partial charge in [-0.25, -0.2) is 14.8 Å². The van der Waals surface area contributed by atoms with E-state index >= 15 is 0 Å². The van der Waals surface area contributed by atoms with Crippen molar-refractivity contribution < 1.29 is 22.8 Å². The fraction of sp³-hybridized carbons (Fsp3) is 0.0625. The minimum Gasteiger partial charge on any atom is -0.330 e. The van der Waals surface area contributed by atoms with Gasteiger partial charge in [-0.1, -0.05) is 41.9 Å². The molecule has 0 unspecified atom stereocenters. The number of halogens is 4. The maximum Gasteiger partial charge on any atom is 0.453 e. The first-order valence-corrected chi connectivity index (χ1v) is 7.29. The normalized spacial score (nSPS) is 12.0. The highest BCUT2D eigenvalue weighted by molar-refractivity contribution is 6.31. The predicted octanol–water partition coefficient (Wildman–Crippen LogP) is 3.77. The number of benzene rings is 1. The minimum atomic E-state index is -4.84. The zero-order chi connectivity index (χ0) is 18.0. The first-order valence-electron chi connectivity index (χ1n) is 6.91. The van der Waals surface area contributed by atoms with Crippen molar-refractivity contribution in [1.29, 1.82) is 0 Å². The molecular weight excluding hydrogens is 359 g/mol. The second kappa shape index (κ2) is 6.56. The average Bonchev–Trinajstić information content (AvgIpc) is 2.92. The Balaban J connectivity index is 1.95. The minimum absolute atomic E-state index is 0.0817. The fourth-order valence-corrected chi connectivity index (χ4v) is 2.19. The van der Waals surface area contributed by atoms with Crippen LogP contribution in [0.4, 0.5) is 13.2 Å². The van der Waals surface area contributed by atoms with Crippen molar-refractivity contribution in [3.63, 3.8) is 0 Å². The van der Waals surface area contributed by atoms with Gasteiger partial charge in [0.2, 0.25) is 0 Å². The molecule has 2 aromatic heterocycles. The summed E-state index contributed by atoms with van der Waals surface area (Å²) in [6.07, 6.45) is -1.26. The fourth-order valence-electron chi connectivity index (χ4n) is 2.04. The third-order valence-corrected chi connectivity index (χ3v) is 3.29. The molecule has 0 aliphatic heterocycles. The van der Waals surface area contributed by atoms with Crippen LogP contribution < -0.4 is 4.84 Å². The second-order valence-electron chi connectivity index (χ2n) is 4.88. The molecule has 9 heteroatoms. The molecule has 0 saturated carbocycles. The third kappa shape index (κ3) is 3.80. The molecule has 2 heterocycles. The SMILES string of the molecule is O=C(/C=C/c1ccccc1)On1c(C(F)(F)F)nc2ncc(Cl)cc21. The van der Waals surface area contributed by atoms with E-state index in [1.54, 1.807) is 30.3 Å². The van der Waals surface area contributed by atoms with Gasteiger partial charge < -0.3 is 4.84 Å². The predicted molar refractivity (Wildman–Crippen MR) is 84.6 cm³/mol. The molecule has 0 spiro atoms. The number of rotatable bonds is 3. The van der Waals surface area contributed by atoms with Crippen LogP contribution in [0.25, 0.3) is 17.2 Å². The van der Waals surface area contributed by atoms with Gasteiger partial charge in [-0.2, -0.15) is 13.2 Å². The lowest BCUT2D eigenvalue weighted by Crippen LogP contribution is -2.24. The quantitative estimate of drug-likeness (QED) is 0.661. The van der Waals surface area contributed by atoms with Crippen molar-refractivity contribution in [3.8, 4) is 0 Å². The van der Waals surface area contributed by atoms with Crippen molar-refractivity contribution in [1.82, 2.24) is 14.7 Å². The van der Waals surface area contributed by atoms with Crippen molar-refractivity contribution in [2.24, 2.45) is 0 Å². The average molecular weight is 368 g/mol. The van der Waals surface area contributed by atoms with E-state index in [9.17, 15) is 18.0 Å². The van der Waals surface area contributed by atoms with E-state index in [-0.39, 0.29) is 20.9 Å². The van der Waals surface area contributed by atoms with E-state index in [1.165, 1.54) is 12.1 Å². The number of nitrogens with zero attached hydrogens (tertiary/aromatic N) is 3. The number of imidazole rings is 1. The van der Waals surface area contributed by atoms with Gasteiger partial charge >= 0.3 is 12.1 Å². The Kier molecular flexibility index (Phi) is 4.45. The summed E-state index contributed by atoms with van der Waals surface area (Å²) < 4.78 is 39.7. The Hall–Kier alpha value is -2.87. The van der Waals surface area contributed by atoms with Gasteiger partial charge in [-0.3, -0.25) is 0 Å². The van der Waals surface area contributed by atoms with Crippen LogP contribution in [0.5, 0.6) is 0 Å². The van der Waals surface area contributed by atoms with Crippen LogP contribution in [-0.4, -0.2) is 20.7 Å². The molecule has 0 atom stereocenters. The molecule has 0 aliphatic carbocycles. The Morgan fingerprint density at radius 1 is 1.24 bits per heavy atom. The van der Waals surface area contributed by atoms with Crippen molar-refractivity contribution in [2.45, 2.75) is 6.18 Å². The zero-order valence-electron chi connectivity index (χ0n) is 12.4. The standard InChI is InChI=1S/C16H9ClF3N3O2/c17-11-8-12-14(21-9-11)22-15(16(18,19)20)23(12)25-13(24)7-6-10-4-2-1-3-5-10/h1-9H/b7-6+. The molecule has 1 aromatic carbocycles. The monoisotopic (exact) mass is 367 g/mol. The number of hydrogen-bond donors (Lipinski definition) is 0. The molecule has 128 valence electrons. The first-order chi connectivity index (χ1) is 11.8. The Labute approximate surface area is 144 Å². The van der Waals surface area contributed by atoms with Gasteiger partial charge in [0.15, 0.2) is 5.65 Å². The van der Waals surface area contributed by atoms with E-state index in [4.69, 9.17) is 16.4 Å². The maximum atomic E-state index is 13.1. The first kappa shape index (κ1) is 17.0. The smallest absolute Gasteiger partial charge is 0.330 e. The summed E-state index contributed by atoms with van der Waals surface area (Å²) >= 11 is 5.75. The molecule has 0 bridgehead atoms. The van der Waals surface area contributed by atoms with Crippen LogP contribution in [0.2, 0.25) is 5.02 Å². The zero-order valence-corrected chi connectivity index (χ0v) is 13.1. The van der Waals surface area contributed by atoms with Crippen LogP contribution in [0.1, 0.15) is 11.4 Å². The number of fused-ring (bicyclic) bond motifs is 1. The third-order valence-electron chi connectivity index (χ3n) is 3.08. The van der Waals surface area contributed by atoms with Crippen molar-refractivity contribution >= 4 is 34.8 Å². The number of hydrogen-bond acceptors (Lipinski definition) is 4. The highest BCUT2D eigenvalue weighted by Gasteiger charge is 2.39. The van der Waals surface area contributed by atoms with Gasteiger partial charge in [0, 0.05) is 12.3 Å². The lowest BCUT2D eigenvalue weighted by Gasteiger charge is -2.09. The molecule has 3 aromatic rings. The van der Waals surface area contributed by atoms with E-state index < -0.39 is 18.0 Å². The van der Waals surface area contributed by atoms with Crippen LogP contribution in [0.15, 0.2) is 48.7 Å². The number of carbonyl (C=O) groups is 1. The van der Waals surface area contributed by atoms with Crippen LogP contribution in [0, 0.1) is 0 Å². The number of pyridine rings is 1. The molecular formula is C16H9ClF3N3O2. The van der Waals surface area contributed by atoms with Gasteiger partial charge in [0.1, 0.15) is 5.52 Å². The summed E-state index contributed by atoms with van der Waals surface area (Å²) in [5, 5.41) is 0.0817. The van der Waals surface area contributed by atoms with E-state index in [0.717, 1.165) is 12.3 Å². The Morgan fingerprint density at radius 3 is 2.64 bits per heavy atom. The molecule has 25 heavy (non-hydrogen) atoms. The summed E-state index contributed by atoms with van der Waals surface area (Å²) in [5.41, 5.74) is 0.286. The van der Waals surface area contributed by atoms with Gasteiger partial charge in [-0.15, -0.1) is 4.73 Å². The highest BCUT2D eigenvalue weighted by atomic mass is 35.5. The molecule has 5 nitrogen and oxygen atoms in total.